The van der Waals surface area contributed by atoms with Crippen LogP contribution in [0.25, 0.3) is 0 Å². The molecule has 2 rings (SSSR count). The predicted molar refractivity (Wildman–Crippen MR) is 77.4 cm³/mol. The lowest BCUT2D eigenvalue weighted by atomic mass is 10.1. The van der Waals surface area contributed by atoms with Crippen LogP contribution in [-0.4, -0.2) is 39.0 Å². The zero-order valence-electron chi connectivity index (χ0n) is 11.9. The molecule has 1 N–H and O–H groups in total. The number of likely N-dealkylation sites (tertiary alicyclic amines) is 1. The van der Waals surface area contributed by atoms with Crippen LogP contribution in [0.5, 0.6) is 0 Å². The van der Waals surface area contributed by atoms with Crippen LogP contribution in [0.4, 0.5) is 0 Å². The first kappa shape index (κ1) is 14.8. The number of aryl methyl sites for hydroxylation is 2. The molecule has 1 atom stereocenters. The molecule has 0 bridgehead atoms. The molecule has 0 radical (unpaired) electrons. The van der Waals surface area contributed by atoms with Crippen LogP contribution in [-0.2, 0) is 13.1 Å². The number of rotatable bonds is 6. The molecule has 1 fully saturated rings. The summed E-state index contributed by atoms with van der Waals surface area (Å²) in [6.45, 7) is 7.21. The van der Waals surface area contributed by atoms with E-state index in [-0.39, 0.29) is 6.61 Å². The van der Waals surface area contributed by atoms with Gasteiger partial charge in [0.05, 0.1) is 16.4 Å². The zero-order chi connectivity index (χ0) is 13.8. The van der Waals surface area contributed by atoms with Crippen LogP contribution in [0.15, 0.2) is 0 Å². The van der Waals surface area contributed by atoms with Crippen molar-refractivity contribution in [3.63, 3.8) is 0 Å². The molecular formula is C14H24ClN3O. The summed E-state index contributed by atoms with van der Waals surface area (Å²) in [5.74, 6) is 0. The van der Waals surface area contributed by atoms with Crippen molar-refractivity contribution in [3.8, 4) is 0 Å². The van der Waals surface area contributed by atoms with Gasteiger partial charge in [0.25, 0.3) is 0 Å². The summed E-state index contributed by atoms with van der Waals surface area (Å²) < 4.78 is 2.01. The Morgan fingerprint density at radius 3 is 2.95 bits per heavy atom. The summed E-state index contributed by atoms with van der Waals surface area (Å²) >= 11 is 6.37. The van der Waals surface area contributed by atoms with E-state index in [0.717, 1.165) is 48.9 Å². The molecule has 5 heteroatoms. The largest absolute Gasteiger partial charge is 0.396 e. The van der Waals surface area contributed by atoms with Gasteiger partial charge in [-0.1, -0.05) is 11.6 Å². The van der Waals surface area contributed by atoms with Crippen molar-refractivity contribution in [2.75, 3.05) is 13.2 Å². The third-order valence-electron chi connectivity index (χ3n) is 4.00. The summed E-state index contributed by atoms with van der Waals surface area (Å²) in [6.07, 6.45) is 4.44. The lowest BCUT2D eigenvalue weighted by Crippen LogP contribution is -2.30. The first-order valence-electron chi connectivity index (χ1n) is 7.24. The lowest BCUT2D eigenvalue weighted by Gasteiger charge is -2.24. The summed E-state index contributed by atoms with van der Waals surface area (Å²) in [7, 11) is 0. The van der Waals surface area contributed by atoms with Gasteiger partial charge in [-0.25, -0.2) is 0 Å². The number of halogens is 1. The van der Waals surface area contributed by atoms with E-state index in [0.29, 0.717) is 6.04 Å². The highest BCUT2D eigenvalue weighted by Gasteiger charge is 2.26. The number of aliphatic hydroxyl groups is 1. The Bertz CT molecular complexity index is 419. The van der Waals surface area contributed by atoms with Crippen LogP contribution in [0.3, 0.4) is 0 Å². The first-order chi connectivity index (χ1) is 9.17. The normalized spacial score (nSPS) is 20.3. The maximum absolute atomic E-state index is 8.98. The predicted octanol–water partition coefficient (Wildman–Crippen LogP) is 2.60. The van der Waals surface area contributed by atoms with Gasteiger partial charge in [-0.15, -0.1) is 0 Å². The molecule has 2 heterocycles. The van der Waals surface area contributed by atoms with Crippen molar-refractivity contribution in [2.24, 2.45) is 0 Å². The second-order valence-corrected chi connectivity index (χ2v) is 5.67. The van der Waals surface area contributed by atoms with Gasteiger partial charge in [0, 0.05) is 25.7 Å². The molecule has 1 aliphatic heterocycles. The van der Waals surface area contributed by atoms with E-state index in [2.05, 4.69) is 16.9 Å². The van der Waals surface area contributed by atoms with Crippen molar-refractivity contribution in [3.05, 3.63) is 16.4 Å². The summed E-state index contributed by atoms with van der Waals surface area (Å²) in [5.41, 5.74) is 2.06. The number of hydrogen-bond donors (Lipinski definition) is 1. The molecule has 1 unspecified atom stereocenters. The average molecular weight is 286 g/mol. The van der Waals surface area contributed by atoms with Gasteiger partial charge < -0.3 is 5.11 Å². The van der Waals surface area contributed by atoms with Gasteiger partial charge in [-0.05, 0) is 46.1 Å². The molecule has 1 aromatic heterocycles. The highest BCUT2D eigenvalue weighted by molar-refractivity contribution is 6.31. The van der Waals surface area contributed by atoms with E-state index in [1.165, 1.54) is 12.8 Å². The van der Waals surface area contributed by atoms with Gasteiger partial charge in [0.1, 0.15) is 0 Å². The van der Waals surface area contributed by atoms with Crippen molar-refractivity contribution >= 4 is 11.6 Å². The van der Waals surface area contributed by atoms with E-state index in [9.17, 15) is 0 Å². The Hall–Kier alpha value is -0.580. The molecule has 19 heavy (non-hydrogen) atoms. The van der Waals surface area contributed by atoms with E-state index < -0.39 is 0 Å². The van der Waals surface area contributed by atoms with Gasteiger partial charge >= 0.3 is 0 Å². The van der Waals surface area contributed by atoms with E-state index >= 15 is 0 Å². The molecule has 0 aromatic carbocycles. The number of aromatic nitrogens is 2. The van der Waals surface area contributed by atoms with Crippen molar-refractivity contribution in [1.29, 1.82) is 0 Å². The number of hydrogen-bond acceptors (Lipinski definition) is 3. The second-order valence-electron chi connectivity index (χ2n) is 5.29. The monoisotopic (exact) mass is 285 g/mol. The molecular weight excluding hydrogens is 262 g/mol. The van der Waals surface area contributed by atoms with Crippen molar-refractivity contribution in [2.45, 2.75) is 58.7 Å². The molecule has 0 amide bonds. The Kier molecular flexibility index (Phi) is 5.25. The minimum Gasteiger partial charge on any atom is -0.396 e. The third-order valence-corrected chi connectivity index (χ3v) is 4.49. The van der Waals surface area contributed by atoms with Gasteiger partial charge in [0.15, 0.2) is 0 Å². The molecule has 1 aliphatic rings. The maximum atomic E-state index is 8.98. The quantitative estimate of drug-likeness (QED) is 0.873. The summed E-state index contributed by atoms with van der Waals surface area (Å²) in [5, 5.41) is 14.3. The summed E-state index contributed by atoms with van der Waals surface area (Å²) in [4.78, 5) is 2.49. The minimum absolute atomic E-state index is 0.289. The van der Waals surface area contributed by atoms with Crippen molar-refractivity contribution < 1.29 is 5.11 Å². The standard InChI is InChI=1S/C14H24ClN3O/c1-3-18-13(14(15)11(2)16-18)10-17-8-4-6-12(17)7-5-9-19/h12,19H,3-10H2,1-2H3. The van der Waals surface area contributed by atoms with E-state index in [1.54, 1.807) is 0 Å². The highest BCUT2D eigenvalue weighted by atomic mass is 35.5. The van der Waals surface area contributed by atoms with E-state index in [1.807, 2.05) is 11.6 Å². The second kappa shape index (κ2) is 6.73. The van der Waals surface area contributed by atoms with Gasteiger partial charge in [-0.2, -0.15) is 5.10 Å². The Morgan fingerprint density at radius 2 is 2.26 bits per heavy atom. The molecule has 108 valence electrons. The molecule has 0 aliphatic carbocycles. The van der Waals surface area contributed by atoms with E-state index in [4.69, 9.17) is 16.7 Å². The fourth-order valence-corrected chi connectivity index (χ4v) is 3.16. The van der Waals surface area contributed by atoms with Gasteiger partial charge in [0.2, 0.25) is 0 Å². The molecule has 0 saturated carbocycles. The fraction of sp³-hybridized carbons (Fsp3) is 0.786. The maximum Gasteiger partial charge on any atom is 0.0860 e. The topological polar surface area (TPSA) is 41.3 Å². The third kappa shape index (κ3) is 3.30. The van der Waals surface area contributed by atoms with Crippen LogP contribution < -0.4 is 0 Å². The average Bonchev–Trinajstić information content (AvgIpc) is 2.96. The fourth-order valence-electron chi connectivity index (χ4n) is 2.97. The van der Waals surface area contributed by atoms with Crippen molar-refractivity contribution in [1.82, 2.24) is 14.7 Å². The van der Waals surface area contributed by atoms with Crippen LogP contribution >= 0.6 is 11.6 Å². The smallest absolute Gasteiger partial charge is 0.0860 e. The molecule has 1 aromatic rings. The van der Waals surface area contributed by atoms with Gasteiger partial charge in [-0.3, -0.25) is 9.58 Å². The first-order valence-corrected chi connectivity index (χ1v) is 7.61. The van der Waals surface area contributed by atoms with Crippen LogP contribution in [0.1, 0.15) is 44.0 Å². The Labute approximate surface area is 120 Å². The number of aliphatic hydroxyl groups excluding tert-OH is 1. The highest BCUT2D eigenvalue weighted by Crippen LogP contribution is 2.27. The van der Waals surface area contributed by atoms with Crippen LogP contribution in [0, 0.1) is 6.92 Å². The van der Waals surface area contributed by atoms with Crippen LogP contribution in [0.2, 0.25) is 5.02 Å². The number of nitrogens with zero attached hydrogens (tertiary/aromatic N) is 3. The zero-order valence-corrected chi connectivity index (χ0v) is 12.7. The Morgan fingerprint density at radius 1 is 1.47 bits per heavy atom. The molecule has 4 nitrogen and oxygen atoms in total. The molecule has 1 saturated heterocycles. The Balaban J connectivity index is 2.07. The SMILES string of the molecule is CCn1nc(C)c(Cl)c1CN1CCCC1CCCO. The minimum atomic E-state index is 0.289. The summed E-state index contributed by atoms with van der Waals surface area (Å²) in [6, 6.07) is 0.587. The lowest BCUT2D eigenvalue weighted by molar-refractivity contribution is 0.206. The molecule has 0 spiro atoms.